The highest BCUT2D eigenvalue weighted by Crippen LogP contribution is 2.29. The lowest BCUT2D eigenvalue weighted by Crippen LogP contribution is -2.34. The lowest BCUT2D eigenvalue weighted by atomic mass is 9.87. The average molecular weight is 315 g/mol. The van der Waals surface area contributed by atoms with Crippen molar-refractivity contribution in [1.29, 1.82) is 0 Å². The number of aryl methyl sites for hydroxylation is 1. The molecule has 0 bridgehead atoms. The molecule has 2 atom stereocenters. The van der Waals surface area contributed by atoms with Crippen LogP contribution in [0.4, 0.5) is 0 Å². The van der Waals surface area contributed by atoms with E-state index in [0.717, 1.165) is 32.2 Å². The molecule has 2 aliphatic rings. The van der Waals surface area contributed by atoms with Crippen LogP contribution >= 0.6 is 0 Å². The molecule has 0 saturated carbocycles. The van der Waals surface area contributed by atoms with Crippen LogP contribution in [0.25, 0.3) is 0 Å². The Bertz CT molecular complexity index is 587. The second kappa shape index (κ2) is 7.13. The van der Waals surface area contributed by atoms with Gasteiger partial charge in [-0.05, 0) is 43.4 Å². The lowest BCUT2D eigenvalue weighted by molar-refractivity contribution is -0.122. The number of fused-ring (bicyclic) bond motifs is 1. The highest BCUT2D eigenvalue weighted by atomic mass is 16.2. The summed E-state index contributed by atoms with van der Waals surface area (Å²) in [5.41, 5.74) is 7.96. The van der Waals surface area contributed by atoms with E-state index in [-0.39, 0.29) is 23.8 Å². The molecule has 0 unspecified atom stereocenters. The molecule has 1 saturated heterocycles. The number of likely N-dealkylation sites (tertiary alicyclic amines) is 1. The van der Waals surface area contributed by atoms with E-state index in [4.69, 9.17) is 5.73 Å². The van der Waals surface area contributed by atoms with Gasteiger partial charge in [0.15, 0.2) is 0 Å². The average Bonchev–Trinajstić information content (AvgIpc) is 3.03. The third-order valence-corrected chi connectivity index (χ3v) is 5.03. The maximum absolute atomic E-state index is 12.3. The van der Waals surface area contributed by atoms with Crippen molar-refractivity contribution in [3.05, 3.63) is 35.4 Å². The number of hydrogen-bond donors (Lipinski definition) is 2. The van der Waals surface area contributed by atoms with Crippen molar-refractivity contribution in [2.24, 2.45) is 11.7 Å². The molecule has 1 aliphatic carbocycles. The van der Waals surface area contributed by atoms with E-state index in [9.17, 15) is 9.59 Å². The van der Waals surface area contributed by atoms with Gasteiger partial charge in [0, 0.05) is 19.5 Å². The van der Waals surface area contributed by atoms with E-state index < -0.39 is 0 Å². The molecule has 1 heterocycles. The van der Waals surface area contributed by atoms with E-state index in [0.29, 0.717) is 19.5 Å². The molecule has 1 fully saturated rings. The summed E-state index contributed by atoms with van der Waals surface area (Å²) in [6.07, 6.45) is 4.52. The molecular formula is C18H25N3O2. The van der Waals surface area contributed by atoms with Crippen molar-refractivity contribution in [3.63, 3.8) is 0 Å². The highest BCUT2D eigenvalue weighted by molar-refractivity contribution is 5.77. The first kappa shape index (κ1) is 16.0. The summed E-state index contributed by atoms with van der Waals surface area (Å²) in [4.78, 5) is 25.6. The largest absolute Gasteiger partial charge is 0.369 e. The van der Waals surface area contributed by atoms with Crippen LogP contribution in [0.3, 0.4) is 0 Å². The van der Waals surface area contributed by atoms with Crippen LogP contribution in [0.5, 0.6) is 0 Å². The van der Waals surface area contributed by atoms with Gasteiger partial charge >= 0.3 is 0 Å². The number of hydrogen-bond acceptors (Lipinski definition) is 3. The minimum absolute atomic E-state index is 0.0525. The fourth-order valence-electron chi connectivity index (χ4n) is 3.70. The van der Waals surface area contributed by atoms with Gasteiger partial charge in [-0.3, -0.25) is 9.59 Å². The maximum Gasteiger partial charge on any atom is 0.221 e. The normalized spacial score (nSPS) is 24.2. The van der Waals surface area contributed by atoms with Crippen LogP contribution in [-0.4, -0.2) is 36.3 Å². The fraction of sp³-hybridized carbons (Fsp3) is 0.556. The molecule has 0 aromatic heterocycles. The van der Waals surface area contributed by atoms with Crippen molar-refractivity contribution in [2.45, 2.75) is 38.1 Å². The predicted molar refractivity (Wildman–Crippen MR) is 88.6 cm³/mol. The molecule has 23 heavy (non-hydrogen) atoms. The minimum atomic E-state index is -0.226. The van der Waals surface area contributed by atoms with Crippen LogP contribution < -0.4 is 11.1 Å². The standard InChI is InChI=1S/C18H25N3O2/c19-18(23)14-8-10-21(12-14)11-9-17(22)20-16-7-3-5-13-4-1-2-6-15(13)16/h1-2,4,6,14,16H,3,5,7-12H2,(H2,19,23)(H,20,22)/t14-,16+/m0/s1. The van der Waals surface area contributed by atoms with E-state index >= 15 is 0 Å². The number of amides is 2. The first-order valence-corrected chi connectivity index (χ1v) is 8.52. The summed E-state index contributed by atoms with van der Waals surface area (Å²) in [5.74, 6) is -0.187. The molecule has 1 aliphatic heterocycles. The summed E-state index contributed by atoms with van der Waals surface area (Å²) < 4.78 is 0. The monoisotopic (exact) mass is 315 g/mol. The number of nitrogens with zero attached hydrogens (tertiary/aromatic N) is 1. The molecule has 124 valence electrons. The summed E-state index contributed by atoms with van der Waals surface area (Å²) in [5, 5.41) is 3.18. The van der Waals surface area contributed by atoms with E-state index in [2.05, 4.69) is 28.4 Å². The molecule has 2 amide bonds. The Balaban J connectivity index is 1.48. The zero-order chi connectivity index (χ0) is 16.2. The quantitative estimate of drug-likeness (QED) is 0.862. The first-order chi connectivity index (χ1) is 11.1. The van der Waals surface area contributed by atoms with Gasteiger partial charge in [0.1, 0.15) is 0 Å². The number of rotatable bonds is 5. The Morgan fingerprint density at radius 1 is 1.26 bits per heavy atom. The van der Waals surface area contributed by atoms with Crippen LogP contribution in [0.1, 0.15) is 42.9 Å². The van der Waals surface area contributed by atoms with Gasteiger partial charge in [-0.1, -0.05) is 24.3 Å². The third-order valence-electron chi connectivity index (χ3n) is 5.03. The van der Waals surface area contributed by atoms with E-state index in [1.807, 2.05) is 6.07 Å². The summed E-state index contributed by atoms with van der Waals surface area (Å²) in [6.45, 7) is 2.24. The minimum Gasteiger partial charge on any atom is -0.369 e. The van der Waals surface area contributed by atoms with Crippen molar-refractivity contribution in [1.82, 2.24) is 10.2 Å². The molecule has 0 spiro atoms. The molecule has 3 rings (SSSR count). The van der Waals surface area contributed by atoms with Gasteiger partial charge < -0.3 is 16.0 Å². The number of carbonyl (C=O) groups is 2. The second-order valence-corrected chi connectivity index (χ2v) is 6.65. The highest BCUT2D eigenvalue weighted by Gasteiger charge is 2.27. The van der Waals surface area contributed by atoms with Gasteiger partial charge in [0.05, 0.1) is 12.0 Å². The number of benzene rings is 1. The molecule has 1 aromatic carbocycles. The third kappa shape index (κ3) is 3.91. The Morgan fingerprint density at radius 3 is 2.87 bits per heavy atom. The molecule has 3 N–H and O–H groups in total. The maximum atomic E-state index is 12.3. The topological polar surface area (TPSA) is 75.4 Å². The number of carbonyl (C=O) groups excluding carboxylic acids is 2. The Hall–Kier alpha value is -1.88. The smallest absolute Gasteiger partial charge is 0.221 e. The predicted octanol–water partition coefficient (Wildman–Crippen LogP) is 1.38. The summed E-state index contributed by atoms with van der Waals surface area (Å²) in [6, 6.07) is 8.52. The second-order valence-electron chi connectivity index (χ2n) is 6.65. The zero-order valence-electron chi connectivity index (χ0n) is 13.5. The molecule has 0 radical (unpaired) electrons. The zero-order valence-corrected chi connectivity index (χ0v) is 13.5. The van der Waals surface area contributed by atoms with Crippen LogP contribution in [-0.2, 0) is 16.0 Å². The number of primary amides is 1. The van der Waals surface area contributed by atoms with E-state index in [1.54, 1.807) is 0 Å². The van der Waals surface area contributed by atoms with Crippen LogP contribution in [0.15, 0.2) is 24.3 Å². The Morgan fingerprint density at radius 2 is 2.09 bits per heavy atom. The SMILES string of the molecule is NC(=O)[C@H]1CCN(CCC(=O)N[C@@H]2CCCc3ccccc32)C1. The lowest BCUT2D eigenvalue weighted by Gasteiger charge is -2.26. The number of nitrogens with two attached hydrogens (primary N) is 1. The van der Waals surface area contributed by atoms with Gasteiger partial charge in [-0.2, -0.15) is 0 Å². The van der Waals surface area contributed by atoms with Gasteiger partial charge in [-0.15, -0.1) is 0 Å². The Labute approximate surface area is 137 Å². The van der Waals surface area contributed by atoms with Crippen LogP contribution in [0, 0.1) is 5.92 Å². The molecular weight excluding hydrogens is 290 g/mol. The van der Waals surface area contributed by atoms with Gasteiger partial charge in [0.25, 0.3) is 0 Å². The van der Waals surface area contributed by atoms with Gasteiger partial charge in [-0.25, -0.2) is 0 Å². The molecule has 5 heteroatoms. The van der Waals surface area contributed by atoms with Crippen molar-refractivity contribution in [3.8, 4) is 0 Å². The Kier molecular flexibility index (Phi) is 4.96. The van der Waals surface area contributed by atoms with Crippen LogP contribution in [0.2, 0.25) is 0 Å². The number of nitrogens with one attached hydrogen (secondary N) is 1. The first-order valence-electron chi connectivity index (χ1n) is 8.52. The molecule has 1 aromatic rings. The summed E-state index contributed by atoms with van der Waals surface area (Å²) in [7, 11) is 0. The van der Waals surface area contributed by atoms with Crippen molar-refractivity contribution in [2.75, 3.05) is 19.6 Å². The van der Waals surface area contributed by atoms with Gasteiger partial charge in [0.2, 0.25) is 11.8 Å². The summed E-state index contributed by atoms with van der Waals surface area (Å²) >= 11 is 0. The fourth-order valence-corrected chi connectivity index (χ4v) is 3.70. The molecule has 5 nitrogen and oxygen atoms in total. The van der Waals surface area contributed by atoms with Crippen molar-refractivity contribution < 1.29 is 9.59 Å². The van der Waals surface area contributed by atoms with E-state index in [1.165, 1.54) is 11.1 Å². The van der Waals surface area contributed by atoms with Crippen molar-refractivity contribution >= 4 is 11.8 Å².